The Morgan fingerprint density at radius 2 is 1.80 bits per heavy atom. The molecular weight excluding hydrogens is 309 g/mol. The van der Waals surface area contributed by atoms with Crippen molar-refractivity contribution in [3.63, 3.8) is 0 Å². The first kappa shape index (κ1) is 22.2. The number of carbonyl (C=O) groups excluding carboxylic acids is 2. The summed E-state index contributed by atoms with van der Waals surface area (Å²) in [5.41, 5.74) is 0. The van der Waals surface area contributed by atoms with Gasteiger partial charge >= 0.3 is 10.4 Å². The Balaban J connectivity index is 0. The summed E-state index contributed by atoms with van der Waals surface area (Å²) in [6, 6.07) is -1.49. The molecule has 0 spiro atoms. The molecular formula is C8H15NNaO9S. The van der Waals surface area contributed by atoms with E-state index in [4.69, 9.17) is 4.55 Å². The van der Waals surface area contributed by atoms with E-state index in [2.05, 4.69) is 4.18 Å². The molecule has 0 heterocycles. The van der Waals surface area contributed by atoms with Gasteiger partial charge in [0, 0.05) is 36.5 Å². The molecule has 0 aliphatic rings. The van der Waals surface area contributed by atoms with Gasteiger partial charge in [0.25, 0.3) is 0 Å². The minimum absolute atomic E-state index is 0. The van der Waals surface area contributed by atoms with Crippen molar-refractivity contribution in [2.24, 2.45) is 0 Å². The molecule has 0 rings (SSSR count). The second-order valence-electron chi connectivity index (χ2n) is 3.62. The van der Waals surface area contributed by atoms with E-state index in [1.54, 1.807) is 0 Å². The van der Waals surface area contributed by atoms with Gasteiger partial charge in [-0.25, -0.2) is 4.18 Å². The molecule has 10 nitrogen and oxygen atoms in total. The number of nitrogens with one attached hydrogen (secondary N) is 1. The van der Waals surface area contributed by atoms with Gasteiger partial charge in [0.05, 0.1) is 6.61 Å². The quantitative estimate of drug-likeness (QED) is 0.171. The van der Waals surface area contributed by atoms with Gasteiger partial charge in [0.2, 0.25) is 5.91 Å². The van der Waals surface area contributed by atoms with Gasteiger partial charge in [-0.1, -0.05) is 0 Å². The number of aldehydes is 1. The Bertz CT molecular complexity index is 414. The van der Waals surface area contributed by atoms with Crippen molar-refractivity contribution in [1.82, 2.24) is 5.32 Å². The van der Waals surface area contributed by atoms with Crippen LogP contribution in [0.5, 0.6) is 0 Å². The molecule has 0 aromatic rings. The molecule has 0 aliphatic heterocycles. The van der Waals surface area contributed by atoms with Gasteiger partial charge in [-0.15, -0.1) is 0 Å². The minimum atomic E-state index is -4.82. The van der Waals surface area contributed by atoms with Crippen molar-refractivity contribution in [3.8, 4) is 0 Å². The van der Waals surface area contributed by atoms with Gasteiger partial charge < -0.3 is 25.4 Å². The van der Waals surface area contributed by atoms with Crippen LogP contribution in [0.3, 0.4) is 0 Å². The summed E-state index contributed by atoms with van der Waals surface area (Å²) in [7, 11) is -4.82. The minimum Gasteiger partial charge on any atom is -0.388 e. The topological polar surface area (TPSA) is 170 Å². The summed E-state index contributed by atoms with van der Waals surface area (Å²) in [6.45, 7) is 0.0240. The summed E-state index contributed by atoms with van der Waals surface area (Å²) in [5.74, 6) is -0.660. The van der Waals surface area contributed by atoms with Crippen LogP contribution in [0.1, 0.15) is 6.92 Å². The number of amides is 1. The average Bonchev–Trinajstić information content (AvgIpc) is 2.29. The molecule has 1 amide bonds. The molecule has 0 saturated carbocycles. The number of carbonyl (C=O) groups is 2. The zero-order valence-corrected chi connectivity index (χ0v) is 13.6. The number of rotatable bonds is 8. The maximum atomic E-state index is 10.7. The van der Waals surface area contributed by atoms with Gasteiger partial charge in [-0.3, -0.25) is 9.35 Å². The van der Waals surface area contributed by atoms with Crippen LogP contribution in [0.25, 0.3) is 0 Å². The van der Waals surface area contributed by atoms with Crippen molar-refractivity contribution in [1.29, 1.82) is 0 Å². The van der Waals surface area contributed by atoms with Crippen LogP contribution in [0, 0.1) is 0 Å². The Labute approximate surface area is 137 Å². The summed E-state index contributed by atoms with van der Waals surface area (Å²) < 4.78 is 32.5. The van der Waals surface area contributed by atoms with Crippen LogP contribution in [-0.4, -0.2) is 101 Å². The molecule has 0 aromatic carbocycles. The van der Waals surface area contributed by atoms with Gasteiger partial charge in [-0.2, -0.15) is 8.42 Å². The smallest absolute Gasteiger partial charge is 0.388 e. The predicted octanol–water partition coefficient (Wildman–Crippen LogP) is -3.79. The molecule has 4 unspecified atom stereocenters. The van der Waals surface area contributed by atoms with Crippen molar-refractivity contribution in [2.45, 2.75) is 31.3 Å². The largest absolute Gasteiger partial charge is 0.397 e. The van der Waals surface area contributed by atoms with Crippen LogP contribution in [0.4, 0.5) is 0 Å². The predicted molar refractivity (Wildman–Crippen MR) is 64.9 cm³/mol. The molecule has 0 saturated heterocycles. The van der Waals surface area contributed by atoms with Crippen molar-refractivity contribution < 1.29 is 42.1 Å². The van der Waals surface area contributed by atoms with Crippen LogP contribution in [0.2, 0.25) is 0 Å². The van der Waals surface area contributed by atoms with E-state index in [1.165, 1.54) is 0 Å². The van der Waals surface area contributed by atoms with Crippen molar-refractivity contribution >= 4 is 52.1 Å². The van der Waals surface area contributed by atoms with E-state index in [0.717, 1.165) is 6.92 Å². The fraction of sp³-hybridized carbons (Fsp3) is 0.750. The summed E-state index contributed by atoms with van der Waals surface area (Å²) in [4.78, 5) is 21.3. The molecule has 0 aliphatic carbocycles. The molecule has 5 N–H and O–H groups in total. The number of aliphatic hydroxyl groups excluding tert-OH is 3. The maximum absolute atomic E-state index is 10.7. The normalized spacial score (nSPS) is 17.2. The zero-order valence-electron chi connectivity index (χ0n) is 10.8. The third-order valence-corrected chi connectivity index (χ3v) is 2.45. The van der Waals surface area contributed by atoms with E-state index in [-0.39, 0.29) is 35.8 Å². The SMILES string of the molecule is CC(=O)NC(C=O)C(O)C(O)C(O)COS(=O)(=O)O.[Na]. The third kappa shape index (κ3) is 8.94. The molecule has 1 radical (unpaired) electrons. The molecule has 0 aromatic heterocycles. The number of hydrogen-bond acceptors (Lipinski definition) is 8. The van der Waals surface area contributed by atoms with E-state index in [9.17, 15) is 33.3 Å². The zero-order chi connectivity index (χ0) is 15.2. The van der Waals surface area contributed by atoms with Crippen LogP contribution in [0.15, 0.2) is 0 Å². The Morgan fingerprint density at radius 1 is 1.30 bits per heavy atom. The number of aliphatic hydroxyl groups is 3. The van der Waals surface area contributed by atoms with Crippen LogP contribution in [-0.2, 0) is 24.2 Å². The Morgan fingerprint density at radius 3 is 2.15 bits per heavy atom. The first-order valence-electron chi connectivity index (χ1n) is 4.97. The second kappa shape index (κ2) is 9.76. The van der Waals surface area contributed by atoms with Crippen LogP contribution >= 0.6 is 0 Å². The Kier molecular flexibility index (Phi) is 10.8. The van der Waals surface area contributed by atoms with Gasteiger partial charge in [0.1, 0.15) is 30.6 Å². The van der Waals surface area contributed by atoms with Crippen molar-refractivity contribution in [3.05, 3.63) is 0 Å². The molecule has 20 heavy (non-hydrogen) atoms. The summed E-state index contributed by atoms with van der Waals surface area (Å²) in [5, 5.41) is 30.2. The fourth-order valence-corrected chi connectivity index (χ4v) is 1.44. The molecule has 113 valence electrons. The molecule has 0 fully saturated rings. The van der Waals surface area contributed by atoms with E-state index >= 15 is 0 Å². The summed E-state index contributed by atoms with van der Waals surface area (Å²) >= 11 is 0. The monoisotopic (exact) mass is 324 g/mol. The molecule has 4 atom stereocenters. The average molecular weight is 324 g/mol. The maximum Gasteiger partial charge on any atom is 0.397 e. The second-order valence-corrected chi connectivity index (χ2v) is 4.71. The Hall–Kier alpha value is -0.110. The molecule has 12 heteroatoms. The van der Waals surface area contributed by atoms with E-state index in [1.807, 2.05) is 5.32 Å². The first-order valence-corrected chi connectivity index (χ1v) is 6.33. The summed E-state index contributed by atoms with van der Waals surface area (Å²) in [6.07, 6.45) is -5.65. The van der Waals surface area contributed by atoms with Crippen molar-refractivity contribution in [2.75, 3.05) is 6.61 Å². The molecule has 0 bridgehead atoms. The van der Waals surface area contributed by atoms with Gasteiger partial charge in [-0.05, 0) is 0 Å². The van der Waals surface area contributed by atoms with E-state index < -0.39 is 47.3 Å². The van der Waals surface area contributed by atoms with Crippen LogP contribution < -0.4 is 5.32 Å². The fourth-order valence-electron chi connectivity index (χ4n) is 1.13. The number of hydrogen-bond donors (Lipinski definition) is 5. The standard InChI is InChI=1S/C8H15NO9S.Na/c1-4(11)9-5(2-10)7(13)8(14)6(12)3-18-19(15,16)17;/h2,5-8,12-14H,3H2,1H3,(H,9,11)(H,15,16,17);. The van der Waals surface area contributed by atoms with Gasteiger partial charge in [0.15, 0.2) is 0 Å². The van der Waals surface area contributed by atoms with E-state index in [0.29, 0.717) is 0 Å². The third-order valence-electron chi connectivity index (χ3n) is 2.02. The first-order chi connectivity index (χ1) is 8.58.